The van der Waals surface area contributed by atoms with Gasteiger partial charge in [-0.3, -0.25) is 4.79 Å². The summed E-state index contributed by atoms with van der Waals surface area (Å²) in [6.45, 7) is 0. The van der Waals surface area contributed by atoms with Gasteiger partial charge in [0.25, 0.3) is 0 Å². The van der Waals surface area contributed by atoms with Crippen LogP contribution in [0.5, 0.6) is 17.2 Å². The number of carboxylic acids is 1. The number of hydrogen-bond acceptors (Lipinski definition) is 4. The first-order chi connectivity index (χ1) is 10.5. The zero-order chi connectivity index (χ0) is 16.1. The van der Waals surface area contributed by atoms with Crippen molar-refractivity contribution in [1.29, 1.82) is 0 Å². The minimum atomic E-state index is -0.916. The Hall–Kier alpha value is -2.69. The van der Waals surface area contributed by atoms with Crippen molar-refractivity contribution in [3.05, 3.63) is 53.6 Å². The molecule has 116 valence electrons. The number of aliphatic carboxylic acids is 1. The van der Waals surface area contributed by atoms with E-state index < -0.39 is 11.9 Å². The molecule has 5 nitrogen and oxygen atoms in total. The zero-order valence-electron chi connectivity index (χ0n) is 12.4. The van der Waals surface area contributed by atoms with E-state index in [4.69, 9.17) is 9.47 Å². The lowest BCUT2D eigenvalue weighted by atomic mass is 9.92. The third kappa shape index (κ3) is 3.49. The Kier molecular flexibility index (Phi) is 4.88. The Morgan fingerprint density at radius 3 is 2.23 bits per heavy atom. The molecule has 0 aromatic heterocycles. The lowest BCUT2D eigenvalue weighted by Crippen LogP contribution is -2.14. The summed E-state index contributed by atoms with van der Waals surface area (Å²) in [5.74, 6) is -0.337. The van der Waals surface area contributed by atoms with E-state index in [1.165, 1.54) is 19.2 Å². The number of ether oxygens (including phenoxy) is 2. The molecule has 0 aliphatic rings. The van der Waals surface area contributed by atoms with Crippen LogP contribution in [0.25, 0.3) is 0 Å². The maximum atomic E-state index is 11.5. The van der Waals surface area contributed by atoms with E-state index in [0.29, 0.717) is 23.5 Å². The molecule has 0 aliphatic carbocycles. The van der Waals surface area contributed by atoms with Crippen LogP contribution in [-0.2, 0) is 11.2 Å². The summed E-state index contributed by atoms with van der Waals surface area (Å²) >= 11 is 0. The maximum Gasteiger partial charge on any atom is 0.311 e. The topological polar surface area (TPSA) is 76.0 Å². The number of methoxy groups -OCH3 is 2. The molecule has 0 radical (unpaired) electrons. The average Bonchev–Trinajstić information content (AvgIpc) is 2.53. The Morgan fingerprint density at radius 2 is 1.68 bits per heavy atom. The van der Waals surface area contributed by atoms with Gasteiger partial charge in [0.2, 0.25) is 0 Å². The second-order valence-corrected chi connectivity index (χ2v) is 4.88. The monoisotopic (exact) mass is 302 g/mol. The molecule has 1 atom stereocenters. The quantitative estimate of drug-likeness (QED) is 0.858. The van der Waals surface area contributed by atoms with E-state index in [1.807, 2.05) is 6.07 Å². The predicted molar refractivity (Wildman–Crippen MR) is 81.7 cm³/mol. The molecule has 0 spiro atoms. The molecule has 2 rings (SSSR count). The third-order valence-electron chi connectivity index (χ3n) is 3.48. The van der Waals surface area contributed by atoms with Gasteiger partial charge in [-0.15, -0.1) is 0 Å². The molecule has 0 heterocycles. The first-order valence-corrected chi connectivity index (χ1v) is 6.77. The summed E-state index contributed by atoms with van der Waals surface area (Å²) < 4.78 is 10.4. The van der Waals surface area contributed by atoms with Gasteiger partial charge in [-0.2, -0.15) is 0 Å². The molecule has 2 N–H and O–H groups in total. The minimum absolute atomic E-state index is 0.110. The number of hydrogen-bond donors (Lipinski definition) is 2. The average molecular weight is 302 g/mol. The summed E-state index contributed by atoms with van der Waals surface area (Å²) in [5.41, 5.74) is 1.47. The predicted octanol–water partition coefficient (Wildman–Crippen LogP) is 2.82. The number of phenolic OH excluding ortho intramolecular Hbond substituents is 1. The van der Waals surface area contributed by atoms with Gasteiger partial charge in [0.1, 0.15) is 5.75 Å². The van der Waals surface area contributed by atoms with Crippen LogP contribution >= 0.6 is 0 Å². The van der Waals surface area contributed by atoms with Crippen LogP contribution in [0.2, 0.25) is 0 Å². The molecule has 0 bridgehead atoms. The smallest absolute Gasteiger partial charge is 0.311 e. The van der Waals surface area contributed by atoms with Gasteiger partial charge < -0.3 is 19.7 Å². The Labute approximate surface area is 128 Å². The lowest BCUT2D eigenvalue weighted by molar-refractivity contribution is -0.138. The van der Waals surface area contributed by atoms with Crippen molar-refractivity contribution in [2.45, 2.75) is 12.3 Å². The molecular formula is C17H18O5. The highest BCUT2D eigenvalue weighted by molar-refractivity contribution is 5.76. The molecular weight excluding hydrogens is 284 g/mol. The highest BCUT2D eigenvalue weighted by atomic mass is 16.5. The summed E-state index contributed by atoms with van der Waals surface area (Å²) in [7, 11) is 3.09. The molecule has 2 aromatic rings. The molecule has 2 aromatic carbocycles. The van der Waals surface area contributed by atoms with Crippen LogP contribution in [0.3, 0.4) is 0 Å². The van der Waals surface area contributed by atoms with Crippen molar-refractivity contribution in [1.82, 2.24) is 0 Å². The van der Waals surface area contributed by atoms with Gasteiger partial charge in [0, 0.05) is 0 Å². The fourth-order valence-electron chi connectivity index (χ4n) is 2.30. The van der Waals surface area contributed by atoms with E-state index >= 15 is 0 Å². The molecule has 0 saturated heterocycles. The van der Waals surface area contributed by atoms with Crippen molar-refractivity contribution in [2.24, 2.45) is 0 Å². The van der Waals surface area contributed by atoms with Crippen LogP contribution < -0.4 is 9.47 Å². The van der Waals surface area contributed by atoms with E-state index in [1.54, 1.807) is 31.4 Å². The van der Waals surface area contributed by atoms with Crippen molar-refractivity contribution in [2.75, 3.05) is 14.2 Å². The Morgan fingerprint density at radius 1 is 1.05 bits per heavy atom. The number of aromatic hydroxyl groups is 1. The van der Waals surface area contributed by atoms with Crippen LogP contribution in [0.4, 0.5) is 0 Å². The minimum Gasteiger partial charge on any atom is -0.508 e. The number of carboxylic acid groups (broad SMARTS) is 1. The molecule has 22 heavy (non-hydrogen) atoms. The summed E-state index contributed by atoms with van der Waals surface area (Å²) in [5, 5.41) is 18.8. The molecule has 0 aliphatic heterocycles. The van der Waals surface area contributed by atoms with Crippen LogP contribution in [-0.4, -0.2) is 30.4 Å². The van der Waals surface area contributed by atoms with Gasteiger partial charge >= 0.3 is 5.97 Å². The summed E-state index contributed by atoms with van der Waals surface area (Å²) in [6.07, 6.45) is 0.320. The first kappa shape index (κ1) is 15.7. The van der Waals surface area contributed by atoms with Gasteiger partial charge in [-0.1, -0.05) is 18.2 Å². The molecule has 0 amide bonds. The second-order valence-electron chi connectivity index (χ2n) is 4.88. The number of phenols is 1. The lowest BCUT2D eigenvalue weighted by Gasteiger charge is -2.15. The Bertz CT molecular complexity index is 649. The number of benzene rings is 2. The molecule has 0 saturated carbocycles. The molecule has 1 unspecified atom stereocenters. The molecule has 0 fully saturated rings. The van der Waals surface area contributed by atoms with E-state index in [0.717, 1.165) is 5.56 Å². The fourth-order valence-corrected chi connectivity index (χ4v) is 2.30. The van der Waals surface area contributed by atoms with E-state index in [-0.39, 0.29) is 5.75 Å². The van der Waals surface area contributed by atoms with Gasteiger partial charge in [-0.25, -0.2) is 0 Å². The highest BCUT2D eigenvalue weighted by Gasteiger charge is 2.21. The Balaban J connectivity index is 2.28. The first-order valence-electron chi connectivity index (χ1n) is 6.77. The van der Waals surface area contributed by atoms with Gasteiger partial charge in [0.15, 0.2) is 11.5 Å². The van der Waals surface area contributed by atoms with Crippen molar-refractivity contribution in [3.63, 3.8) is 0 Å². The summed E-state index contributed by atoms with van der Waals surface area (Å²) in [6, 6.07) is 11.6. The SMILES string of the molecule is COc1ccc(CC(C(=O)O)c2ccc(O)cc2)cc1OC. The number of rotatable bonds is 6. The van der Waals surface area contributed by atoms with Crippen LogP contribution in [0.15, 0.2) is 42.5 Å². The van der Waals surface area contributed by atoms with Crippen LogP contribution in [0.1, 0.15) is 17.0 Å². The number of carbonyl (C=O) groups is 1. The maximum absolute atomic E-state index is 11.5. The normalized spacial score (nSPS) is 11.7. The standard InChI is InChI=1S/C17H18O5/c1-21-15-8-3-11(10-16(15)22-2)9-14(17(19)20)12-4-6-13(18)7-5-12/h3-8,10,14,18H,9H2,1-2H3,(H,19,20). The fraction of sp³-hybridized carbons (Fsp3) is 0.235. The highest BCUT2D eigenvalue weighted by Crippen LogP contribution is 2.30. The third-order valence-corrected chi connectivity index (χ3v) is 3.48. The van der Waals surface area contributed by atoms with E-state index in [9.17, 15) is 15.0 Å². The van der Waals surface area contributed by atoms with E-state index in [2.05, 4.69) is 0 Å². The second kappa shape index (κ2) is 6.85. The summed E-state index contributed by atoms with van der Waals surface area (Å²) in [4.78, 5) is 11.5. The zero-order valence-corrected chi connectivity index (χ0v) is 12.4. The van der Waals surface area contributed by atoms with Crippen molar-refractivity contribution >= 4 is 5.97 Å². The van der Waals surface area contributed by atoms with Crippen molar-refractivity contribution in [3.8, 4) is 17.2 Å². The van der Waals surface area contributed by atoms with Gasteiger partial charge in [0.05, 0.1) is 20.1 Å². The largest absolute Gasteiger partial charge is 0.508 e. The molecule has 5 heteroatoms. The van der Waals surface area contributed by atoms with Gasteiger partial charge in [-0.05, 0) is 41.8 Å². The van der Waals surface area contributed by atoms with Crippen molar-refractivity contribution < 1.29 is 24.5 Å². The van der Waals surface area contributed by atoms with Crippen LogP contribution in [0, 0.1) is 0 Å².